The van der Waals surface area contributed by atoms with Crippen molar-refractivity contribution in [1.82, 2.24) is 9.62 Å². The molecule has 0 saturated heterocycles. The zero-order valence-corrected chi connectivity index (χ0v) is 12.7. The number of carbonyl (C=O) groups is 1. The number of rotatable bonds is 9. The second-order valence-electron chi connectivity index (χ2n) is 4.97. The van der Waals surface area contributed by atoms with Crippen LogP contribution in [0.4, 0.5) is 0 Å². The highest BCUT2D eigenvalue weighted by atomic mass is 32.2. The van der Waals surface area contributed by atoms with Gasteiger partial charge in [-0.2, -0.15) is 0 Å². The molecule has 108 valence electrons. The Kier molecular flexibility index (Phi) is 8.18. The second-order valence-corrected chi connectivity index (χ2v) is 6.95. The van der Waals surface area contributed by atoms with Crippen molar-refractivity contribution in [2.24, 2.45) is 5.92 Å². The first-order chi connectivity index (χ1) is 8.27. The standard InChI is InChI=1S/C12H26N2O3S/c1-5-6-7-12(15)13-8-9-14(10-11(2)3)18(4,16)17/h11H,5-10H2,1-4H3,(H,13,15). The number of carbonyl (C=O) groups excluding carboxylic acids is 1. The Morgan fingerprint density at radius 1 is 1.33 bits per heavy atom. The van der Waals surface area contributed by atoms with Gasteiger partial charge in [-0.05, 0) is 12.3 Å². The molecule has 18 heavy (non-hydrogen) atoms. The molecule has 0 aromatic heterocycles. The zero-order chi connectivity index (χ0) is 14.2. The maximum absolute atomic E-state index is 11.5. The number of nitrogens with zero attached hydrogens (tertiary/aromatic N) is 1. The SMILES string of the molecule is CCCCC(=O)NCCN(CC(C)C)S(C)(=O)=O. The fraction of sp³-hybridized carbons (Fsp3) is 0.917. The van der Waals surface area contributed by atoms with Crippen molar-refractivity contribution in [2.45, 2.75) is 40.0 Å². The summed E-state index contributed by atoms with van der Waals surface area (Å²) in [6.45, 7) is 7.18. The lowest BCUT2D eigenvalue weighted by Gasteiger charge is -2.21. The van der Waals surface area contributed by atoms with Crippen LogP contribution in [0.1, 0.15) is 40.0 Å². The fourth-order valence-electron chi connectivity index (χ4n) is 1.55. The monoisotopic (exact) mass is 278 g/mol. The molecule has 0 aliphatic rings. The molecule has 0 saturated carbocycles. The lowest BCUT2D eigenvalue weighted by Crippen LogP contribution is -2.39. The van der Waals surface area contributed by atoms with Crippen molar-refractivity contribution < 1.29 is 13.2 Å². The molecule has 1 N–H and O–H groups in total. The minimum absolute atomic E-state index is 0.00477. The first kappa shape index (κ1) is 17.4. The molecule has 0 aromatic carbocycles. The van der Waals surface area contributed by atoms with E-state index in [1.54, 1.807) is 0 Å². The van der Waals surface area contributed by atoms with Crippen molar-refractivity contribution in [3.05, 3.63) is 0 Å². The second kappa shape index (κ2) is 8.48. The molecule has 0 radical (unpaired) electrons. The van der Waals surface area contributed by atoms with Gasteiger partial charge in [0.25, 0.3) is 0 Å². The van der Waals surface area contributed by atoms with E-state index in [0.717, 1.165) is 12.8 Å². The van der Waals surface area contributed by atoms with E-state index in [9.17, 15) is 13.2 Å². The van der Waals surface area contributed by atoms with Gasteiger partial charge in [0, 0.05) is 26.1 Å². The molecule has 0 heterocycles. The van der Waals surface area contributed by atoms with Crippen LogP contribution in [-0.4, -0.2) is 44.5 Å². The van der Waals surface area contributed by atoms with Gasteiger partial charge < -0.3 is 5.32 Å². The number of amides is 1. The smallest absolute Gasteiger partial charge is 0.220 e. The maximum atomic E-state index is 11.5. The first-order valence-corrected chi connectivity index (χ1v) is 8.34. The van der Waals surface area contributed by atoms with Gasteiger partial charge >= 0.3 is 0 Å². The van der Waals surface area contributed by atoms with Gasteiger partial charge in [-0.1, -0.05) is 27.2 Å². The number of unbranched alkanes of at least 4 members (excludes halogenated alkanes) is 1. The van der Waals surface area contributed by atoms with Crippen LogP contribution in [0.3, 0.4) is 0 Å². The highest BCUT2D eigenvalue weighted by molar-refractivity contribution is 7.88. The molecule has 0 atom stereocenters. The molecule has 6 heteroatoms. The highest BCUT2D eigenvalue weighted by Gasteiger charge is 2.17. The Balaban J connectivity index is 4.09. The molecule has 0 fully saturated rings. The summed E-state index contributed by atoms with van der Waals surface area (Å²) in [7, 11) is -3.19. The van der Waals surface area contributed by atoms with E-state index in [0.29, 0.717) is 26.1 Å². The van der Waals surface area contributed by atoms with Gasteiger partial charge in [-0.3, -0.25) is 4.79 Å². The molecular formula is C12H26N2O3S. The minimum atomic E-state index is -3.19. The lowest BCUT2D eigenvalue weighted by molar-refractivity contribution is -0.121. The molecule has 0 aliphatic carbocycles. The number of hydrogen-bond acceptors (Lipinski definition) is 3. The Bertz CT molecular complexity index is 339. The van der Waals surface area contributed by atoms with E-state index >= 15 is 0 Å². The average Bonchev–Trinajstić information content (AvgIpc) is 2.23. The van der Waals surface area contributed by atoms with Crippen LogP contribution in [0.25, 0.3) is 0 Å². The van der Waals surface area contributed by atoms with E-state index in [4.69, 9.17) is 0 Å². The molecule has 0 spiro atoms. The number of nitrogens with one attached hydrogen (secondary N) is 1. The Hall–Kier alpha value is -0.620. The quantitative estimate of drug-likeness (QED) is 0.689. The van der Waals surface area contributed by atoms with E-state index in [-0.39, 0.29) is 11.8 Å². The van der Waals surface area contributed by atoms with E-state index in [2.05, 4.69) is 5.32 Å². The van der Waals surface area contributed by atoms with Gasteiger partial charge in [0.2, 0.25) is 15.9 Å². The number of hydrogen-bond donors (Lipinski definition) is 1. The number of sulfonamides is 1. The summed E-state index contributed by atoms with van der Waals surface area (Å²) in [5.74, 6) is 0.269. The maximum Gasteiger partial charge on any atom is 0.220 e. The first-order valence-electron chi connectivity index (χ1n) is 6.49. The predicted molar refractivity (Wildman–Crippen MR) is 73.8 cm³/mol. The predicted octanol–water partition coefficient (Wildman–Crippen LogP) is 1.21. The summed E-state index contributed by atoms with van der Waals surface area (Å²) < 4.78 is 24.5. The van der Waals surface area contributed by atoms with Gasteiger partial charge in [-0.25, -0.2) is 12.7 Å². The van der Waals surface area contributed by atoms with Crippen molar-refractivity contribution >= 4 is 15.9 Å². The molecule has 0 bridgehead atoms. The molecule has 0 rings (SSSR count). The van der Waals surface area contributed by atoms with E-state index in [1.807, 2.05) is 20.8 Å². The topological polar surface area (TPSA) is 66.5 Å². The summed E-state index contributed by atoms with van der Waals surface area (Å²) in [5.41, 5.74) is 0. The Morgan fingerprint density at radius 3 is 2.39 bits per heavy atom. The lowest BCUT2D eigenvalue weighted by atomic mass is 10.2. The Labute approximate surface area is 111 Å². The van der Waals surface area contributed by atoms with Crippen LogP contribution < -0.4 is 5.32 Å². The summed E-state index contributed by atoms with van der Waals surface area (Å²) in [5, 5.41) is 2.75. The molecule has 0 unspecified atom stereocenters. The third-order valence-electron chi connectivity index (χ3n) is 2.48. The van der Waals surface area contributed by atoms with Crippen molar-refractivity contribution in [3.8, 4) is 0 Å². The van der Waals surface area contributed by atoms with Crippen LogP contribution in [0, 0.1) is 5.92 Å². The Morgan fingerprint density at radius 2 is 1.94 bits per heavy atom. The van der Waals surface area contributed by atoms with Gasteiger partial charge in [0.1, 0.15) is 0 Å². The van der Waals surface area contributed by atoms with Crippen molar-refractivity contribution in [1.29, 1.82) is 0 Å². The molecule has 0 aromatic rings. The van der Waals surface area contributed by atoms with Gasteiger partial charge in [-0.15, -0.1) is 0 Å². The summed E-state index contributed by atoms with van der Waals surface area (Å²) in [6, 6.07) is 0. The van der Waals surface area contributed by atoms with Gasteiger partial charge in [0.15, 0.2) is 0 Å². The van der Waals surface area contributed by atoms with Crippen molar-refractivity contribution in [2.75, 3.05) is 25.9 Å². The molecule has 1 amide bonds. The van der Waals surface area contributed by atoms with Crippen molar-refractivity contribution in [3.63, 3.8) is 0 Å². The van der Waals surface area contributed by atoms with Gasteiger partial charge in [0.05, 0.1) is 6.26 Å². The summed E-state index contributed by atoms with van der Waals surface area (Å²) >= 11 is 0. The van der Waals surface area contributed by atoms with Crippen LogP contribution in [0.2, 0.25) is 0 Å². The summed E-state index contributed by atoms with van der Waals surface area (Å²) in [6.07, 6.45) is 3.57. The van der Waals surface area contributed by atoms with Crippen LogP contribution in [0.5, 0.6) is 0 Å². The summed E-state index contributed by atoms with van der Waals surface area (Å²) in [4.78, 5) is 11.4. The third-order valence-corrected chi connectivity index (χ3v) is 3.75. The minimum Gasteiger partial charge on any atom is -0.355 e. The highest BCUT2D eigenvalue weighted by Crippen LogP contribution is 2.03. The normalized spacial score (nSPS) is 12.1. The van der Waals surface area contributed by atoms with E-state index in [1.165, 1.54) is 10.6 Å². The largest absolute Gasteiger partial charge is 0.355 e. The van der Waals surface area contributed by atoms with Crippen LogP contribution >= 0.6 is 0 Å². The van der Waals surface area contributed by atoms with Crippen LogP contribution in [0.15, 0.2) is 0 Å². The zero-order valence-electron chi connectivity index (χ0n) is 11.9. The molecule has 5 nitrogen and oxygen atoms in total. The molecular weight excluding hydrogens is 252 g/mol. The third kappa shape index (κ3) is 8.47. The fourth-order valence-corrected chi connectivity index (χ4v) is 2.54. The van der Waals surface area contributed by atoms with E-state index < -0.39 is 10.0 Å². The average molecular weight is 278 g/mol. The van der Waals surface area contributed by atoms with Crippen LogP contribution in [-0.2, 0) is 14.8 Å². The molecule has 0 aliphatic heterocycles.